The number of rotatable bonds is 7. The van der Waals surface area contributed by atoms with Gasteiger partial charge in [0.2, 0.25) is 0 Å². The van der Waals surface area contributed by atoms with Crippen molar-refractivity contribution in [1.82, 2.24) is 0 Å². The molecule has 17 heavy (non-hydrogen) atoms. The van der Waals surface area contributed by atoms with Crippen LogP contribution in [0.25, 0.3) is 0 Å². The molecule has 2 rings (SSSR count). The molecule has 1 aromatic rings. The lowest BCUT2D eigenvalue weighted by atomic mass is 10.1. The summed E-state index contributed by atoms with van der Waals surface area (Å²) in [5.74, 6) is 0.968. The van der Waals surface area contributed by atoms with E-state index in [1.807, 2.05) is 42.6 Å². The van der Waals surface area contributed by atoms with Gasteiger partial charge in [-0.15, -0.1) is 0 Å². The fraction of sp³-hybridized carbons (Fsp3) is 0.400. The highest BCUT2D eigenvalue weighted by Crippen LogP contribution is 2.12. The van der Waals surface area contributed by atoms with E-state index in [0.717, 1.165) is 18.8 Å². The highest BCUT2D eigenvalue weighted by Gasteiger charge is 2.03. The van der Waals surface area contributed by atoms with Crippen molar-refractivity contribution in [3.63, 3.8) is 0 Å². The quantitative estimate of drug-likeness (QED) is 0.654. The van der Waals surface area contributed by atoms with E-state index in [1.54, 1.807) is 0 Å². The molecule has 0 spiro atoms. The summed E-state index contributed by atoms with van der Waals surface area (Å²) in [6, 6.07) is 10.4. The zero-order valence-electron chi connectivity index (χ0n) is 10.1. The summed E-state index contributed by atoms with van der Waals surface area (Å²) in [5.41, 5.74) is 0. The molecule has 0 bridgehead atoms. The first kappa shape index (κ1) is 11.9. The van der Waals surface area contributed by atoms with E-state index in [1.165, 1.54) is 19.3 Å². The van der Waals surface area contributed by atoms with Crippen molar-refractivity contribution < 1.29 is 4.74 Å². The molecular weight excluding hydrogens is 210 g/mol. The number of benzene rings is 1. The predicted molar refractivity (Wildman–Crippen MR) is 71.8 cm³/mol. The molecule has 1 aromatic carbocycles. The van der Waals surface area contributed by atoms with Crippen LogP contribution in [0.3, 0.4) is 0 Å². The Morgan fingerprint density at radius 3 is 2.71 bits per heavy atom. The summed E-state index contributed by atoms with van der Waals surface area (Å²) >= 11 is 0. The number of unbranched alkanes of at least 4 members (excludes halogenated alkanes) is 2. The maximum atomic E-state index is 5.63. The molecule has 0 aliphatic carbocycles. The first-order valence-electron chi connectivity index (χ1n) is 6.33. The molecule has 1 atom stereocenters. The molecule has 0 N–H and O–H groups in total. The van der Waals surface area contributed by atoms with Gasteiger partial charge in [-0.05, 0) is 37.5 Å². The van der Waals surface area contributed by atoms with Crippen LogP contribution in [0.4, 0.5) is 0 Å². The second-order valence-electron chi connectivity index (χ2n) is 4.26. The second-order valence-corrected chi connectivity index (χ2v) is 4.26. The van der Waals surface area contributed by atoms with Gasteiger partial charge in [0.25, 0.3) is 0 Å². The fourth-order valence-electron chi connectivity index (χ4n) is 1.90. The van der Waals surface area contributed by atoms with E-state index >= 15 is 0 Å². The van der Waals surface area contributed by atoms with Crippen molar-refractivity contribution in [2.75, 3.05) is 6.61 Å². The first-order valence-corrected chi connectivity index (χ1v) is 6.33. The Bertz CT molecular complexity index is 358. The Morgan fingerprint density at radius 1 is 1.06 bits per heavy atom. The van der Waals surface area contributed by atoms with Gasteiger partial charge in [-0.1, -0.05) is 30.7 Å². The van der Waals surface area contributed by atoms with Crippen molar-refractivity contribution in [3.05, 3.63) is 42.5 Å². The van der Waals surface area contributed by atoms with Gasteiger partial charge in [-0.3, -0.25) is 4.99 Å². The second kappa shape index (κ2) is 6.89. The van der Waals surface area contributed by atoms with E-state index in [9.17, 15) is 0 Å². The van der Waals surface area contributed by atoms with E-state index < -0.39 is 0 Å². The molecule has 1 heterocycles. The van der Waals surface area contributed by atoms with Crippen LogP contribution >= 0.6 is 0 Å². The minimum absolute atomic E-state index is 0.435. The monoisotopic (exact) mass is 229 g/mol. The zero-order chi connectivity index (χ0) is 11.8. The van der Waals surface area contributed by atoms with Crippen LogP contribution in [0.15, 0.2) is 47.5 Å². The molecular formula is C15H19NO. The molecule has 0 amide bonds. The number of nitrogens with zero attached hydrogens (tertiary/aromatic N) is 1. The van der Waals surface area contributed by atoms with Crippen molar-refractivity contribution in [1.29, 1.82) is 0 Å². The van der Waals surface area contributed by atoms with Gasteiger partial charge in [0.15, 0.2) is 0 Å². The van der Waals surface area contributed by atoms with Crippen molar-refractivity contribution in [2.24, 2.45) is 4.99 Å². The van der Waals surface area contributed by atoms with Crippen LogP contribution in [-0.2, 0) is 0 Å². The molecule has 0 saturated heterocycles. The van der Waals surface area contributed by atoms with Gasteiger partial charge in [0.05, 0.1) is 12.6 Å². The third kappa shape index (κ3) is 4.43. The Labute approximate surface area is 103 Å². The van der Waals surface area contributed by atoms with Crippen LogP contribution in [-0.4, -0.2) is 18.9 Å². The van der Waals surface area contributed by atoms with Gasteiger partial charge in [-0.25, -0.2) is 0 Å². The predicted octanol–water partition coefficient (Wildman–Crippen LogP) is 3.64. The Kier molecular flexibility index (Phi) is 4.83. The van der Waals surface area contributed by atoms with Gasteiger partial charge in [0.1, 0.15) is 5.75 Å². The third-order valence-corrected chi connectivity index (χ3v) is 2.85. The zero-order valence-corrected chi connectivity index (χ0v) is 10.1. The molecule has 1 aliphatic rings. The van der Waals surface area contributed by atoms with Crippen molar-refractivity contribution in [2.45, 2.75) is 31.7 Å². The van der Waals surface area contributed by atoms with Crippen LogP contribution < -0.4 is 4.74 Å². The lowest BCUT2D eigenvalue weighted by Gasteiger charge is -2.06. The fourth-order valence-corrected chi connectivity index (χ4v) is 1.90. The smallest absolute Gasteiger partial charge is 0.119 e. The molecule has 0 fully saturated rings. The average molecular weight is 229 g/mol. The molecule has 90 valence electrons. The number of aliphatic imine (C=N–C) groups is 1. The number of hydrogen-bond donors (Lipinski definition) is 0. The minimum atomic E-state index is 0.435. The summed E-state index contributed by atoms with van der Waals surface area (Å²) in [6.07, 6.45) is 10.8. The Hall–Kier alpha value is -1.57. The molecule has 2 nitrogen and oxygen atoms in total. The largest absolute Gasteiger partial charge is 0.494 e. The molecule has 0 radical (unpaired) electrons. The highest BCUT2D eigenvalue weighted by atomic mass is 16.5. The minimum Gasteiger partial charge on any atom is -0.494 e. The van der Waals surface area contributed by atoms with E-state index in [4.69, 9.17) is 4.74 Å². The maximum absolute atomic E-state index is 5.63. The molecule has 1 aliphatic heterocycles. The Balaban J connectivity index is 1.49. The number of hydrogen-bond acceptors (Lipinski definition) is 2. The summed E-state index contributed by atoms with van der Waals surface area (Å²) in [7, 11) is 0. The van der Waals surface area contributed by atoms with E-state index in [0.29, 0.717) is 6.04 Å². The number of para-hydroxylation sites is 1. The molecule has 0 saturated carbocycles. The van der Waals surface area contributed by atoms with E-state index in [-0.39, 0.29) is 0 Å². The number of ether oxygens (including phenoxy) is 1. The summed E-state index contributed by atoms with van der Waals surface area (Å²) in [5, 5.41) is 0. The number of allylic oxidation sites excluding steroid dienone is 1. The van der Waals surface area contributed by atoms with E-state index in [2.05, 4.69) is 11.1 Å². The first-order chi connectivity index (χ1) is 8.45. The Morgan fingerprint density at radius 2 is 1.94 bits per heavy atom. The molecule has 0 aromatic heterocycles. The van der Waals surface area contributed by atoms with Crippen LogP contribution in [0.5, 0.6) is 5.75 Å². The van der Waals surface area contributed by atoms with Gasteiger partial charge < -0.3 is 4.74 Å². The lowest BCUT2D eigenvalue weighted by Crippen LogP contribution is -1.99. The van der Waals surface area contributed by atoms with Crippen LogP contribution in [0, 0.1) is 0 Å². The van der Waals surface area contributed by atoms with Gasteiger partial charge in [0, 0.05) is 6.21 Å². The molecule has 2 heteroatoms. The SMILES string of the molecule is C1=CC(CCCCCOc2ccccc2)N=C1. The summed E-state index contributed by atoms with van der Waals surface area (Å²) in [6.45, 7) is 0.813. The van der Waals surface area contributed by atoms with Crippen LogP contribution in [0.1, 0.15) is 25.7 Å². The average Bonchev–Trinajstić information content (AvgIpc) is 2.88. The summed E-state index contributed by atoms with van der Waals surface area (Å²) < 4.78 is 5.63. The summed E-state index contributed by atoms with van der Waals surface area (Å²) in [4.78, 5) is 4.33. The van der Waals surface area contributed by atoms with Crippen LogP contribution in [0.2, 0.25) is 0 Å². The maximum Gasteiger partial charge on any atom is 0.119 e. The normalized spacial score (nSPS) is 17.5. The van der Waals surface area contributed by atoms with Gasteiger partial charge in [-0.2, -0.15) is 0 Å². The highest BCUT2D eigenvalue weighted by molar-refractivity contribution is 5.74. The molecule has 1 unspecified atom stereocenters. The topological polar surface area (TPSA) is 21.6 Å². The van der Waals surface area contributed by atoms with Crippen molar-refractivity contribution in [3.8, 4) is 5.75 Å². The standard InChI is InChI=1S/C15H19NO/c1-4-10-15(11-5-1)17-13-6-2-3-8-14-9-7-12-16-14/h1,4-5,7,9-12,14H,2-3,6,8,13H2. The third-order valence-electron chi connectivity index (χ3n) is 2.85. The van der Waals surface area contributed by atoms with Crippen molar-refractivity contribution >= 4 is 6.21 Å². The van der Waals surface area contributed by atoms with Gasteiger partial charge >= 0.3 is 0 Å². The lowest BCUT2D eigenvalue weighted by molar-refractivity contribution is 0.304.